The summed E-state index contributed by atoms with van der Waals surface area (Å²) in [6.45, 7) is 2.04. The van der Waals surface area contributed by atoms with Crippen molar-refractivity contribution in [1.29, 1.82) is 0 Å². The van der Waals surface area contributed by atoms with Crippen molar-refractivity contribution in [2.75, 3.05) is 29.1 Å². The lowest BCUT2D eigenvalue weighted by molar-refractivity contribution is -0.120. The van der Waals surface area contributed by atoms with Gasteiger partial charge in [0.25, 0.3) is 0 Å². The number of hydrogen-bond donors (Lipinski definition) is 1. The second kappa shape index (κ2) is 8.26. The fourth-order valence-corrected chi connectivity index (χ4v) is 4.97. The van der Waals surface area contributed by atoms with Crippen molar-refractivity contribution in [3.8, 4) is 0 Å². The average Bonchev–Trinajstić information content (AvgIpc) is 3.14. The molecule has 0 spiro atoms. The average molecular weight is 427 g/mol. The molecule has 3 aromatic rings. The molecule has 0 saturated heterocycles. The number of anilines is 2. The number of thioether (sulfide) groups is 1. The number of thiophene rings is 1. The van der Waals surface area contributed by atoms with E-state index >= 15 is 0 Å². The van der Waals surface area contributed by atoms with E-state index in [2.05, 4.69) is 5.32 Å². The van der Waals surface area contributed by atoms with Crippen molar-refractivity contribution >= 4 is 62.3 Å². The highest BCUT2D eigenvalue weighted by atomic mass is 32.2. The molecule has 0 radical (unpaired) electrons. The number of fused-ring (bicyclic) bond motifs is 2. The van der Waals surface area contributed by atoms with Gasteiger partial charge in [-0.3, -0.25) is 9.59 Å². The monoisotopic (exact) mass is 426 g/mol. The first-order valence-corrected chi connectivity index (χ1v) is 10.9. The molecule has 2 aromatic carbocycles. The van der Waals surface area contributed by atoms with Crippen LogP contribution in [0.3, 0.4) is 0 Å². The minimum absolute atomic E-state index is 0.0494. The predicted octanol–water partition coefficient (Wildman–Crippen LogP) is 4.16. The lowest BCUT2D eigenvalue weighted by Gasteiger charge is -2.28. The molecule has 0 aliphatic carbocycles. The van der Waals surface area contributed by atoms with Gasteiger partial charge < -0.3 is 15.0 Å². The molecule has 2 amide bonds. The highest BCUT2D eigenvalue weighted by Crippen LogP contribution is 2.35. The first-order chi connectivity index (χ1) is 14.0. The third-order valence-electron chi connectivity index (χ3n) is 4.39. The van der Waals surface area contributed by atoms with E-state index in [9.17, 15) is 14.4 Å². The highest BCUT2D eigenvalue weighted by Gasteiger charge is 2.26. The number of para-hydroxylation sites is 1. The van der Waals surface area contributed by atoms with Gasteiger partial charge in [-0.15, -0.1) is 23.1 Å². The molecule has 2 heterocycles. The van der Waals surface area contributed by atoms with Gasteiger partial charge in [0, 0.05) is 15.3 Å². The van der Waals surface area contributed by atoms with Crippen LogP contribution >= 0.6 is 23.1 Å². The zero-order valence-electron chi connectivity index (χ0n) is 15.6. The molecule has 0 fully saturated rings. The summed E-state index contributed by atoms with van der Waals surface area (Å²) in [6, 6.07) is 14.8. The van der Waals surface area contributed by atoms with E-state index in [4.69, 9.17) is 4.74 Å². The smallest absolute Gasteiger partial charge is 0.348 e. The summed E-state index contributed by atoms with van der Waals surface area (Å²) >= 11 is 2.83. The van der Waals surface area contributed by atoms with Crippen molar-refractivity contribution in [3.63, 3.8) is 0 Å². The Morgan fingerprint density at radius 3 is 2.83 bits per heavy atom. The summed E-state index contributed by atoms with van der Waals surface area (Å²) in [5.41, 5.74) is 1.37. The molecule has 0 saturated carbocycles. The van der Waals surface area contributed by atoms with Crippen LogP contribution in [0.2, 0.25) is 0 Å². The topological polar surface area (TPSA) is 75.7 Å². The molecular formula is C21H18N2O4S2. The van der Waals surface area contributed by atoms with Gasteiger partial charge in [-0.05, 0) is 48.7 Å². The van der Waals surface area contributed by atoms with Crippen LogP contribution in [-0.2, 0) is 14.3 Å². The van der Waals surface area contributed by atoms with E-state index < -0.39 is 0 Å². The van der Waals surface area contributed by atoms with Crippen molar-refractivity contribution in [1.82, 2.24) is 0 Å². The number of nitrogens with one attached hydrogen (secondary N) is 1. The largest absolute Gasteiger partial charge is 0.462 e. The van der Waals surface area contributed by atoms with Crippen molar-refractivity contribution < 1.29 is 19.1 Å². The Balaban J connectivity index is 1.49. The number of amides is 2. The Hall–Kier alpha value is -2.84. The molecule has 1 aliphatic rings. The number of rotatable bonds is 5. The van der Waals surface area contributed by atoms with E-state index in [1.807, 2.05) is 36.4 Å². The number of esters is 1. The first-order valence-electron chi connectivity index (χ1n) is 9.08. The van der Waals surface area contributed by atoms with Crippen LogP contribution in [0.4, 0.5) is 11.4 Å². The van der Waals surface area contributed by atoms with Crippen LogP contribution in [0.25, 0.3) is 10.1 Å². The second-order valence-electron chi connectivity index (χ2n) is 6.37. The molecule has 0 atom stereocenters. The minimum Gasteiger partial charge on any atom is -0.462 e. The fourth-order valence-electron chi connectivity index (χ4n) is 3.10. The van der Waals surface area contributed by atoms with Crippen LogP contribution in [0.5, 0.6) is 0 Å². The van der Waals surface area contributed by atoms with Gasteiger partial charge >= 0.3 is 5.97 Å². The molecule has 1 N–H and O–H groups in total. The number of nitrogens with zero attached hydrogens (tertiary/aromatic N) is 1. The second-order valence-corrected chi connectivity index (χ2v) is 8.47. The van der Waals surface area contributed by atoms with Gasteiger partial charge in [-0.1, -0.05) is 12.1 Å². The normalized spacial score (nSPS) is 13.3. The number of carbonyl (C=O) groups excluding carboxylic acids is 3. The van der Waals surface area contributed by atoms with Gasteiger partial charge in [-0.25, -0.2) is 4.79 Å². The van der Waals surface area contributed by atoms with Gasteiger partial charge in [0.05, 0.1) is 18.0 Å². The maximum absolute atomic E-state index is 12.6. The molecule has 1 aliphatic heterocycles. The standard InChI is InChI=1S/C21H18N2O4S2/c1-2-27-21(26)18-10-13-9-14(7-8-16(13)29-18)22-19(24)11-23-15-5-3-4-6-17(15)28-12-20(23)25/h3-10H,2,11-12H2,1H3,(H,22,24). The first kappa shape index (κ1) is 19.5. The Morgan fingerprint density at radius 1 is 1.17 bits per heavy atom. The molecule has 0 unspecified atom stereocenters. The summed E-state index contributed by atoms with van der Waals surface area (Å²) in [4.78, 5) is 39.9. The van der Waals surface area contributed by atoms with Crippen LogP contribution < -0.4 is 10.2 Å². The highest BCUT2D eigenvalue weighted by molar-refractivity contribution is 8.00. The molecule has 0 bridgehead atoms. The molecule has 148 valence electrons. The zero-order chi connectivity index (χ0) is 20.4. The van der Waals surface area contributed by atoms with E-state index in [-0.39, 0.29) is 24.3 Å². The fraction of sp³-hybridized carbons (Fsp3) is 0.190. The maximum atomic E-state index is 12.6. The van der Waals surface area contributed by atoms with E-state index in [1.165, 1.54) is 28.0 Å². The molecular weight excluding hydrogens is 408 g/mol. The predicted molar refractivity (Wildman–Crippen MR) is 116 cm³/mol. The lowest BCUT2D eigenvalue weighted by Crippen LogP contribution is -2.41. The summed E-state index contributed by atoms with van der Waals surface area (Å²) in [6.07, 6.45) is 0. The Kier molecular flexibility index (Phi) is 5.55. The van der Waals surface area contributed by atoms with E-state index in [0.717, 1.165) is 20.7 Å². The SMILES string of the molecule is CCOC(=O)c1cc2cc(NC(=O)CN3C(=O)CSc4ccccc43)ccc2s1. The van der Waals surface area contributed by atoms with Crippen molar-refractivity contribution in [2.45, 2.75) is 11.8 Å². The van der Waals surface area contributed by atoms with Crippen molar-refractivity contribution in [3.05, 3.63) is 53.4 Å². The Morgan fingerprint density at radius 2 is 2.00 bits per heavy atom. The van der Waals surface area contributed by atoms with Gasteiger partial charge in [-0.2, -0.15) is 0 Å². The van der Waals surface area contributed by atoms with Crippen LogP contribution in [0.1, 0.15) is 16.6 Å². The lowest BCUT2D eigenvalue weighted by atomic mass is 10.2. The van der Waals surface area contributed by atoms with Crippen LogP contribution in [0.15, 0.2) is 53.4 Å². The van der Waals surface area contributed by atoms with E-state index in [1.54, 1.807) is 19.1 Å². The molecule has 8 heteroatoms. The zero-order valence-corrected chi connectivity index (χ0v) is 17.3. The quantitative estimate of drug-likeness (QED) is 0.620. The molecule has 4 rings (SSSR count). The summed E-state index contributed by atoms with van der Waals surface area (Å²) in [5.74, 6) is -0.391. The van der Waals surface area contributed by atoms with Gasteiger partial charge in [0.2, 0.25) is 11.8 Å². The number of hydrogen-bond acceptors (Lipinski definition) is 6. The molecule has 1 aromatic heterocycles. The molecule has 29 heavy (non-hydrogen) atoms. The van der Waals surface area contributed by atoms with E-state index in [0.29, 0.717) is 22.9 Å². The third kappa shape index (κ3) is 4.13. The third-order valence-corrected chi connectivity index (χ3v) is 6.53. The van der Waals surface area contributed by atoms with Crippen molar-refractivity contribution in [2.24, 2.45) is 0 Å². The van der Waals surface area contributed by atoms with Crippen LogP contribution in [-0.4, -0.2) is 36.7 Å². The van der Waals surface area contributed by atoms with Gasteiger partial charge in [0.15, 0.2) is 0 Å². The number of carbonyl (C=O) groups is 3. The number of benzene rings is 2. The van der Waals surface area contributed by atoms with Crippen LogP contribution in [0, 0.1) is 0 Å². The minimum atomic E-state index is -0.348. The van der Waals surface area contributed by atoms with Gasteiger partial charge in [0.1, 0.15) is 11.4 Å². The number of ether oxygens (including phenoxy) is 1. The maximum Gasteiger partial charge on any atom is 0.348 e. The summed E-state index contributed by atoms with van der Waals surface area (Å²) in [7, 11) is 0. The Labute approximate surface area is 175 Å². The summed E-state index contributed by atoms with van der Waals surface area (Å²) < 4.78 is 5.97. The molecule has 6 nitrogen and oxygen atoms in total. The summed E-state index contributed by atoms with van der Waals surface area (Å²) in [5, 5.41) is 3.70. The Bertz CT molecular complexity index is 1110.